The topological polar surface area (TPSA) is 24.9 Å². The van der Waals surface area contributed by atoms with E-state index in [-0.39, 0.29) is 5.41 Å². The molecule has 0 fully saturated rings. The molecule has 1 atom stereocenters. The number of nitrogens with one attached hydrogen (secondary N) is 1. The first-order valence-electron chi connectivity index (χ1n) is 7.68. The summed E-state index contributed by atoms with van der Waals surface area (Å²) in [6.45, 7) is 12.2. The minimum absolute atomic E-state index is 0.160. The van der Waals surface area contributed by atoms with Crippen LogP contribution >= 0.6 is 11.3 Å². The maximum atomic E-state index is 4.86. The molecular formula is C16H30N2S. The summed E-state index contributed by atoms with van der Waals surface area (Å²) in [5, 5.41) is 7.08. The van der Waals surface area contributed by atoms with Gasteiger partial charge in [0.25, 0.3) is 0 Å². The van der Waals surface area contributed by atoms with Crippen LogP contribution in [-0.4, -0.2) is 11.5 Å². The van der Waals surface area contributed by atoms with Gasteiger partial charge in [0.15, 0.2) is 0 Å². The van der Waals surface area contributed by atoms with Crippen molar-refractivity contribution in [3.05, 3.63) is 16.1 Å². The molecule has 1 unspecified atom stereocenters. The van der Waals surface area contributed by atoms with Crippen LogP contribution in [0.4, 0.5) is 0 Å². The average Bonchev–Trinajstić information content (AvgIpc) is 2.82. The van der Waals surface area contributed by atoms with Gasteiger partial charge in [0.1, 0.15) is 5.01 Å². The molecule has 0 aliphatic carbocycles. The number of nitrogens with zero attached hydrogens (tertiary/aromatic N) is 1. The fourth-order valence-corrected chi connectivity index (χ4v) is 3.28. The molecule has 1 heterocycles. The Labute approximate surface area is 123 Å². The van der Waals surface area contributed by atoms with Crippen molar-refractivity contribution in [2.45, 2.75) is 78.2 Å². The lowest BCUT2D eigenvalue weighted by Gasteiger charge is -2.17. The summed E-state index contributed by atoms with van der Waals surface area (Å²) < 4.78 is 0. The highest BCUT2D eigenvalue weighted by atomic mass is 32.1. The molecule has 0 radical (unpaired) electrons. The fourth-order valence-electron chi connectivity index (χ4n) is 2.13. The molecular weight excluding hydrogens is 252 g/mol. The van der Waals surface area contributed by atoms with E-state index in [1.165, 1.54) is 42.8 Å². The third-order valence-electron chi connectivity index (χ3n) is 3.39. The molecule has 1 rings (SSSR count). The predicted molar refractivity (Wildman–Crippen MR) is 86.0 cm³/mol. The Bertz CT molecular complexity index is 352. The molecule has 0 aliphatic rings. The van der Waals surface area contributed by atoms with Crippen molar-refractivity contribution >= 4 is 11.3 Å². The second kappa shape index (κ2) is 8.01. The molecule has 0 amide bonds. The number of thiazole rings is 1. The molecule has 2 nitrogen and oxygen atoms in total. The standard InChI is InChI=1S/C16H30N2S/c1-6-8-9-10-11-13(17-7-2)15-18-14(12-19-15)16(3,4)5/h12-13,17H,6-11H2,1-5H3. The smallest absolute Gasteiger partial charge is 0.110 e. The molecule has 0 aliphatic heterocycles. The molecule has 0 saturated heterocycles. The van der Waals surface area contributed by atoms with Crippen LogP contribution in [0.5, 0.6) is 0 Å². The highest BCUT2D eigenvalue weighted by Crippen LogP contribution is 2.29. The van der Waals surface area contributed by atoms with Gasteiger partial charge in [-0.1, -0.05) is 60.3 Å². The van der Waals surface area contributed by atoms with E-state index in [0.717, 1.165) is 6.54 Å². The van der Waals surface area contributed by atoms with Crippen LogP contribution in [0.3, 0.4) is 0 Å². The van der Waals surface area contributed by atoms with Crippen LogP contribution in [0.2, 0.25) is 0 Å². The van der Waals surface area contributed by atoms with E-state index >= 15 is 0 Å². The Hall–Kier alpha value is -0.410. The van der Waals surface area contributed by atoms with E-state index in [2.05, 4.69) is 45.3 Å². The highest BCUT2D eigenvalue weighted by Gasteiger charge is 2.20. The van der Waals surface area contributed by atoms with Crippen molar-refractivity contribution in [3.8, 4) is 0 Å². The second-order valence-electron chi connectivity index (χ2n) is 6.28. The third-order valence-corrected chi connectivity index (χ3v) is 4.34. The molecule has 1 aromatic heterocycles. The molecule has 19 heavy (non-hydrogen) atoms. The number of hydrogen-bond donors (Lipinski definition) is 1. The van der Waals surface area contributed by atoms with Gasteiger partial charge in [-0.25, -0.2) is 4.98 Å². The van der Waals surface area contributed by atoms with Crippen molar-refractivity contribution in [2.24, 2.45) is 0 Å². The number of rotatable bonds is 8. The van der Waals surface area contributed by atoms with Crippen molar-refractivity contribution in [2.75, 3.05) is 6.54 Å². The fraction of sp³-hybridized carbons (Fsp3) is 0.812. The molecule has 1 N–H and O–H groups in total. The van der Waals surface area contributed by atoms with E-state index in [1.807, 2.05) is 11.3 Å². The average molecular weight is 282 g/mol. The highest BCUT2D eigenvalue weighted by molar-refractivity contribution is 7.09. The lowest BCUT2D eigenvalue weighted by Crippen LogP contribution is -2.21. The van der Waals surface area contributed by atoms with E-state index < -0.39 is 0 Å². The van der Waals surface area contributed by atoms with Crippen molar-refractivity contribution < 1.29 is 0 Å². The van der Waals surface area contributed by atoms with Crippen LogP contribution in [-0.2, 0) is 5.41 Å². The van der Waals surface area contributed by atoms with Crippen molar-refractivity contribution in [1.82, 2.24) is 10.3 Å². The zero-order valence-electron chi connectivity index (χ0n) is 13.3. The van der Waals surface area contributed by atoms with E-state index in [1.54, 1.807) is 0 Å². The van der Waals surface area contributed by atoms with Crippen LogP contribution < -0.4 is 5.32 Å². The largest absolute Gasteiger partial charge is 0.308 e. The first-order valence-corrected chi connectivity index (χ1v) is 8.56. The van der Waals surface area contributed by atoms with Crippen LogP contribution in [0.25, 0.3) is 0 Å². The SMILES string of the molecule is CCCCCCC(NCC)c1nc(C(C)(C)C)cs1. The van der Waals surface area contributed by atoms with Crippen molar-refractivity contribution in [3.63, 3.8) is 0 Å². The summed E-state index contributed by atoms with van der Waals surface area (Å²) in [5.41, 5.74) is 1.39. The molecule has 0 saturated carbocycles. The van der Waals surface area contributed by atoms with Crippen molar-refractivity contribution in [1.29, 1.82) is 0 Å². The van der Waals surface area contributed by atoms with Crippen LogP contribution in [0.1, 0.15) is 83.5 Å². The molecule has 0 aromatic carbocycles. The summed E-state index contributed by atoms with van der Waals surface area (Å²) in [5.74, 6) is 0. The first kappa shape index (κ1) is 16.6. The minimum Gasteiger partial charge on any atom is -0.308 e. The summed E-state index contributed by atoms with van der Waals surface area (Å²) in [4.78, 5) is 4.86. The van der Waals surface area contributed by atoms with Gasteiger partial charge in [0.2, 0.25) is 0 Å². The van der Waals surface area contributed by atoms with E-state index in [0.29, 0.717) is 6.04 Å². The Balaban J connectivity index is 2.62. The Morgan fingerprint density at radius 3 is 2.47 bits per heavy atom. The summed E-state index contributed by atoms with van der Waals surface area (Å²) >= 11 is 1.81. The maximum absolute atomic E-state index is 4.86. The first-order chi connectivity index (χ1) is 8.99. The van der Waals surface area contributed by atoms with Gasteiger partial charge in [-0.3, -0.25) is 0 Å². The van der Waals surface area contributed by atoms with Gasteiger partial charge in [-0.2, -0.15) is 0 Å². The lowest BCUT2D eigenvalue weighted by atomic mass is 9.93. The molecule has 110 valence electrons. The van der Waals surface area contributed by atoms with E-state index in [4.69, 9.17) is 4.98 Å². The van der Waals surface area contributed by atoms with Crippen LogP contribution in [0.15, 0.2) is 5.38 Å². The predicted octanol–water partition coefficient (Wildman–Crippen LogP) is 5.06. The quantitative estimate of drug-likeness (QED) is 0.674. The maximum Gasteiger partial charge on any atom is 0.110 e. The Morgan fingerprint density at radius 1 is 1.21 bits per heavy atom. The third kappa shape index (κ3) is 5.62. The van der Waals surface area contributed by atoms with Gasteiger partial charge in [0, 0.05) is 10.8 Å². The van der Waals surface area contributed by atoms with Gasteiger partial charge in [0.05, 0.1) is 11.7 Å². The Kier molecular flexibility index (Phi) is 7.01. The van der Waals surface area contributed by atoms with Gasteiger partial charge in [-0.05, 0) is 13.0 Å². The molecule has 0 bridgehead atoms. The summed E-state index contributed by atoms with van der Waals surface area (Å²) in [6, 6.07) is 0.447. The number of hydrogen-bond acceptors (Lipinski definition) is 3. The summed E-state index contributed by atoms with van der Waals surface area (Å²) in [6.07, 6.45) is 6.51. The molecule has 0 spiro atoms. The lowest BCUT2D eigenvalue weighted by molar-refractivity contribution is 0.475. The summed E-state index contributed by atoms with van der Waals surface area (Å²) in [7, 11) is 0. The van der Waals surface area contributed by atoms with Gasteiger partial charge >= 0.3 is 0 Å². The molecule has 3 heteroatoms. The molecule has 1 aromatic rings. The monoisotopic (exact) mass is 282 g/mol. The number of unbranched alkanes of at least 4 members (excludes halogenated alkanes) is 3. The number of aromatic nitrogens is 1. The van der Waals surface area contributed by atoms with Crippen LogP contribution in [0, 0.1) is 0 Å². The van der Waals surface area contributed by atoms with Gasteiger partial charge < -0.3 is 5.32 Å². The van der Waals surface area contributed by atoms with E-state index in [9.17, 15) is 0 Å². The zero-order valence-corrected chi connectivity index (χ0v) is 14.1. The zero-order chi connectivity index (χ0) is 14.3. The Morgan fingerprint density at radius 2 is 1.95 bits per heavy atom. The second-order valence-corrected chi connectivity index (χ2v) is 7.17. The van der Waals surface area contributed by atoms with Gasteiger partial charge in [-0.15, -0.1) is 11.3 Å². The minimum atomic E-state index is 0.160. The normalized spacial score (nSPS) is 13.7.